The number of nitrogens with one attached hydrogen (secondary N) is 1. The zero-order valence-electron chi connectivity index (χ0n) is 9.37. The molecule has 0 atom stereocenters. The van der Waals surface area contributed by atoms with Crippen LogP contribution in [0.5, 0.6) is 0 Å². The van der Waals surface area contributed by atoms with Crippen molar-refractivity contribution >= 4 is 5.91 Å². The molecule has 0 aliphatic heterocycles. The summed E-state index contributed by atoms with van der Waals surface area (Å²) in [6.45, 7) is 2.99. The van der Waals surface area contributed by atoms with Crippen LogP contribution >= 0.6 is 0 Å². The number of H-pyrrole nitrogens is 1. The van der Waals surface area contributed by atoms with E-state index in [1.807, 2.05) is 19.1 Å². The Morgan fingerprint density at radius 2 is 2.18 bits per heavy atom. The van der Waals surface area contributed by atoms with E-state index in [1.165, 1.54) is 0 Å². The second kappa shape index (κ2) is 5.15. The second-order valence-electron chi connectivity index (χ2n) is 3.41. The van der Waals surface area contributed by atoms with E-state index >= 15 is 0 Å². The Kier molecular flexibility index (Phi) is 3.39. The summed E-state index contributed by atoms with van der Waals surface area (Å²) in [5.74, 6) is -0.154. The molecule has 17 heavy (non-hydrogen) atoms. The monoisotopic (exact) mass is 232 g/mol. The zero-order chi connectivity index (χ0) is 12.1. The summed E-state index contributed by atoms with van der Waals surface area (Å²) in [5.41, 5.74) is 1.01. The molecule has 2 aromatic heterocycles. The molecule has 0 aliphatic rings. The van der Waals surface area contributed by atoms with Gasteiger partial charge in [-0.25, -0.2) is 0 Å². The molecule has 1 amide bonds. The first-order chi connectivity index (χ1) is 8.31. The molecule has 2 heterocycles. The maximum atomic E-state index is 12.0. The minimum absolute atomic E-state index is 0.0842. The maximum absolute atomic E-state index is 12.0. The minimum atomic E-state index is -0.238. The van der Waals surface area contributed by atoms with Crippen molar-refractivity contribution in [2.45, 2.75) is 13.5 Å². The number of amides is 1. The quantitative estimate of drug-likeness (QED) is 0.816. The van der Waals surface area contributed by atoms with Crippen LogP contribution in [0.25, 0.3) is 0 Å². The number of tetrazole rings is 1. The van der Waals surface area contributed by atoms with Crippen LogP contribution in [0, 0.1) is 0 Å². The van der Waals surface area contributed by atoms with Crippen molar-refractivity contribution in [2.24, 2.45) is 0 Å². The molecule has 0 radical (unpaired) electrons. The largest absolute Gasteiger partial charge is 0.332 e. The van der Waals surface area contributed by atoms with Gasteiger partial charge in [0.05, 0.1) is 0 Å². The van der Waals surface area contributed by atoms with Gasteiger partial charge in [0.1, 0.15) is 0 Å². The number of pyridine rings is 1. The highest BCUT2D eigenvalue weighted by atomic mass is 16.2. The van der Waals surface area contributed by atoms with Crippen LogP contribution in [-0.2, 0) is 6.54 Å². The van der Waals surface area contributed by atoms with Gasteiger partial charge in [-0.3, -0.25) is 9.78 Å². The van der Waals surface area contributed by atoms with Crippen molar-refractivity contribution in [3.63, 3.8) is 0 Å². The Bertz CT molecular complexity index is 469. The Hall–Kier alpha value is -2.31. The van der Waals surface area contributed by atoms with Crippen molar-refractivity contribution in [1.82, 2.24) is 30.5 Å². The first kappa shape index (κ1) is 11.2. The highest BCUT2D eigenvalue weighted by molar-refractivity contribution is 5.90. The van der Waals surface area contributed by atoms with E-state index in [4.69, 9.17) is 0 Å². The molecule has 2 rings (SSSR count). The normalized spacial score (nSPS) is 10.2. The fourth-order valence-electron chi connectivity index (χ4n) is 1.43. The molecular formula is C10H12N6O. The van der Waals surface area contributed by atoms with Gasteiger partial charge in [0, 0.05) is 25.5 Å². The molecule has 88 valence electrons. The van der Waals surface area contributed by atoms with E-state index in [1.54, 1.807) is 17.3 Å². The standard InChI is InChI=1S/C10H12N6O/c1-2-16(7-8-3-5-11-6-4-8)10(17)9-12-14-15-13-9/h3-6H,2,7H2,1H3,(H,12,13,14,15). The number of hydrogen-bond donors (Lipinski definition) is 1. The Morgan fingerprint density at radius 1 is 1.41 bits per heavy atom. The van der Waals surface area contributed by atoms with E-state index in [2.05, 4.69) is 25.6 Å². The van der Waals surface area contributed by atoms with Gasteiger partial charge in [0.15, 0.2) is 0 Å². The number of carbonyl (C=O) groups is 1. The summed E-state index contributed by atoms with van der Waals surface area (Å²) in [7, 11) is 0. The lowest BCUT2D eigenvalue weighted by Crippen LogP contribution is -2.31. The summed E-state index contributed by atoms with van der Waals surface area (Å²) >= 11 is 0. The predicted molar refractivity (Wildman–Crippen MR) is 58.8 cm³/mol. The van der Waals surface area contributed by atoms with Gasteiger partial charge >= 0.3 is 0 Å². The molecule has 0 saturated heterocycles. The van der Waals surface area contributed by atoms with Crippen LogP contribution in [0.4, 0.5) is 0 Å². The van der Waals surface area contributed by atoms with Gasteiger partial charge in [-0.05, 0) is 29.8 Å². The molecule has 7 heteroatoms. The Morgan fingerprint density at radius 3 is 2.76 bits per heavy atom. The number of hydrogen-bond acceptors (Lipinski definition) is 5. The van der Waals surface area contributed by atoms with E-state index in [0.29, 0.717) is 13.1 Å². The Balaban J connectivity index is 2.10. The number of aromatic nitrogens is 5. The summed E-state index contributed by atoms with van der Waals surface area (Å²) in [5, 5.41) is 13.0. The third-order valence-electron chi connectivity index (χ3n) is 2.33. The highest BCUT2D eigenvalue weighted by Crippen LogP contribution is 2.05. The van der Waals surface area contributed by atoms with Gasteiger partial charge in [0.2, 0.25) is 0 Å². The predicted octanol–water partition coefficient (Wildman–Crippen LogP) is 0.257. The number of rotatable bonds is 4. The van der Waals surface area contributed by atoms with Crippen LogP contribution in [0.1, 0.15) is 23.1 Å². The number of carbonyl (C=O) groups excluding carboxylic acids is 1. The number of aromatic amines is 1. The Labute approximate surface area is 97.9 Å². The van der Waals surface area contributed by atoms with Gasteiger partial charge in [-0.15, -0.1) is 10.2 Å². The van der Waals surface area contributed by atoms with Crippen molar-refractivity contribution in [1.29, 1.82) is 0 Å². The van der Waals surface area contributed by atoms with Crippen LogP contribution in [0.3, 0.4) is 0 Å². The van der Waals surface area contributed by atoms with Gasteiger partial charge in [-0.1, -0.05) is 0 Å². The van der Waals surface area contributed by atoms with E-state index in [-0.39, 0.29) is 11.7 Å². The van der Waals surface area contributed by atoms with Crippen molar-refractivity contribution in [3.05, 3.63) is 35.9 Å². The smallest absolute Gasteiger partial charge is 0.295 e. The SMILES string of the molecule is CCN(Cc1ccncc1)C(=O)c1nn[nH]n1. The summed E-state index contributed by atoms with van der Waals surface area (Å²) in [6.07, 6.45) is 3.39. The maximum Gasteiger partial charge on any atom is 0.295 e. The topological polar surface area (TPSA) is 87.7 Å². The molecule has 2 aromatic rings. The summed E-state index contributed by atoms with van der Waals surface area (Å²) in [6, 6.07) is 3.73. The summed E-state index contributed by atoms with van der Waals surface area (Å²) in [4.78, 5) is 17.5. The van der Waals surface area contributed by atoms with Crippen LogP contribution < -0.4 is 0 Å². The van der Waals surface area contributed by atoms with Gasteiger partial charge in [-0.2, -0.15) is 5.21 Å². The van der Waals surface area contributed by atoms with Crippen molar-refractivity contribution in [2.75, 3.05) is 6.54 Å². The van der Waals surface area contributed by atoms with E-state index in [9.17, 15) is 4.79 Å². The molecule has 0 spiro atoms. The fourth-order valence-corrected chi connectivity index (χ4v) is 1.43. The van der Waals surface area contributed by atoms with Crippen LogP contribution in [0.2, 0.25) is 0 Å². The lowest BCUT2D eigenvalue weighted by Gasteiger charge is -2.18. The van der Waals surface area contributed by atoms with E-state index in [0.717, 1.165) is 5.56 Å². The lowest BCUT2D eigenvalue weighted by molar-refractivity contribution is 0.0740. The lowest BCUT2D eigenvalue weighted by atomic mass is 10.2. The summed E-state index contributed by atoms with van der Waals surface area (Å²) < 4.78 is 0. The molecule has 7 nitrogen and oxygen atoms in total. The third-order valence-corrected chi connectivity index (χ3v) is 2.33. The van der Waals surface area contributed by atoms with E-state index < -0.39 is 0 Å². The minimum Gasteiger partial charge on any atom is -0.332 e. The molecule has 0 bridgehead atoms. The molecule has 1 N–H and O–H groups in total. The molecule has 0 aliphatic carbocycles. The van der Waals surface area contributed by atoms with Gasteiger partial charge in [0.25, 0.3) is 11.7 Å². The van der Waals surface area contributed by atoms with Crippen molar-refractivity contribution < 1.29 is 4.79 Å². The highest BCUT2D eigenvalue weighted by Gasteiger charge is 2.18. The first-order valence-corrected chi connectivity index (χ1v) is 5.23. The molecule has 0 unspecified atom stereocenters. The molecule has 0 fully saturated rings. The fraction of sp³-hybridized carbons (Fsp3) is 0.300. The molecule has 0 saturated carbocycles. The van der Waals surface area contributed by atoms with Crippen molar-refractivity contribution in [3.8, 4) is 0 Å². The second-order valence-corrected chi connectivity index (χ2v) is 3.41. The number of nitrogens with zero attached hydrogens (tertiary/aromatic N) is 5. The van der Waals surface area contributed by atoms with Crippen LogP contribution in [0.15, 0.2) is 24.5 Å². The zero-order valence-corrected chi connectivity index (χ0v) is 9.37. The molecule has 0 aromatic carbocycles. The average molecular weight is 232 g/mol. The molecular weight excluding hydrogens is 220 g/mol. The van der Waals surface area contributed by atoms with Gasteiger partial charge < -0.3 is 4.90 Å². The first-order valence-electron chi connectivity index (χ1n) is 5.23. The third kappa shape index (κ3) is 2.63. The van der Waals surface area contributed by atoms with Crippen LogP contribution in [-0.4, -0.2) is 43.0 Å². The average Bonchev–Trinajstić information content (AvgIpc) is 2.90.